The van der Waals surface area contributed by atoms with E-state index in [1.54, 1.807) is 0 Å². The zero-order valence-corrected chi connectivity index (χ0v) is 27.7. The summed E-state index contributed by atoms with van der Waals surface area (Å²) >= 11 is 0. The van der Waals surface area contributed by atoms with E-state index in [4.69, 9.17) is 14.6 Å². The molecular weight excluding hydrogens is 722 g/mol. The Labute approximate surface area is 290 Å². The number of aliphatic hydroxyl groups is 1. The smallest absolute Gasteiger partial charge is 0.455 e. The molecule has 0 bridgehead atoms. The second-order valence-corrected chi connectivity index (χ2v) is 11.4. The van der Waals surface area contributed by atoms with E-state index < -0.39 is 103 Å². The molecule has 0 aromatic heterocycles. The van der Waals surface area contributed by atoms with Gasteiger partial charge in [0.05, 0.1) is 18.8 Å². The van der Waals surface area contributed by atoms with E-state index in [1.807, 2.05) is 5.32 Å². The summed E-state index contributed by atoms with van der Waals surface area (Å²) < 4.78 is 88.9. The van der Waals surface area contributed by atoms with Crippen molar-refractivity contribution in [2.45, 2.75) is 69.5 Å². The van der Waals surface area contributed by atoms with Crippen LogP contribution in [0.3, 0.4) is 0 Å². The minimum atomic E-state index is -6.05. The van der Waals surface area contributed by atoms with Gasteiger partial charge in [0.15, 0.2) is 0 Å². The molecule has 0 fully saturated rings. The van der Waals surface area contributed by atoms with Crippen LogP contribution in [-0.2, 0) is 33.5 Å². The molecular formula is C29H36F6N6O11. The summed E-state index contributed by atoms with van der Waals surface area (Å²) in [6.07, 6.45) is -8.88. The van der Waals surface area contributed by atoms with Gasteiger partial charge >= 0.3 is 24.2 Å². The number of aliphatic carboxylic acids is 1. The fourth-order valence-corrected chi connectivity index (χ4v) is 4.33. The van der Waals surface area contributed by atoms with Crippen LogP contribution in [0.15, 0.2) is 18.2 Å². The second-order valence-electron chi connectivity index (χ2n) is 11.4. The lowest BCUT2D eigenvalue weighted by molar-refractivity contribution is -0.278. The van der Waals surface area contributed by atoms with Crippen LogP contribution in [-0.4, -0.2) is 120 Å². The Morgan fingerprint density at radius 3 is 2.25 bits per heavy atom. The third-order valence-corrected chi connectivity index (χ3v) is 7.18. The van der Waals surface area contributed by atoms with Gasteiger partial charge in [0.2, 0.25) is 17.4 Å². The Hall–Kier alpha value is -5.35. The fourth-order valence-electron chi connectivity index (χ4n) is 4.33. The van der Waals surface area contributed by atoms with Crippen molar-refractivity contribution in [3.8, 4) is 5.75 Å². The Kier molecular flexibility index (Phi) is 14.6. The first kappa shape index (κ1) is 42.8. The van der Waals surface area contributed by atoms with Gasteiger partial charge in [-0.3, -0.25) is 24.0 Å². The number of nitrogens with zero attached hydrogens (tertiary/aromatic N) is 1. The first-order valence-electron chi connectivity index (χ1n) is 15.2. The molecule has 0 aliphatic carbocycles. The maximum Gasteiger partial charge on any atom is 0.455 e. The predicted octanol–water partition coefficient (Wildman–Crippen LogP) is -0.299. The summed E-state index contributed by atoms with van der Waals surface area (Å²) in [6.45, 7) is -0.849. The Morgan fingerprint density at radius 1 is 1.02 bits per heavy atom. The minimum Gasteiger partial charge on any atom is -0.486 e. The Bertz CT molecular complexity index is 1530. The molecule has 0 saturated carbocycles. The number of carboxylic acids is 1. The van der Waals surface area contributed by atoms with Crippen molar-refractivity contribution in [2.75, 3.05) is 37.7 Å². The number of amides is 6. The van der Waals surface area contributed by atoms with Gasteiger partial charge in [-0.2, -0.15) is 22.0 Å². The highest BCUT2D eigenvalue weighted by Crippen LogP contribution is 2.35. The van der Waals surface area contributed by atoms with E-state index >= 15 is 0 Å². The number of nitrogens with one attached hydrogen (secondary N) is 5. The summed E-state index contributed by atoms with van der Waals surface area (Å²) in [5, 5.41) is 29.5. The molecule has 290 valence electrons. The van der Waals surface area contributed by atoms with E-state index in [9.17, 15) is 65.0 Å². The predicted molar refractivity (Wildman–Crippen MR) is 162 cm³/mol. The highest BCUT2D eigenvalue weighted by Gasteiger charge is 2.58. The molecule has 7 N–H and O–H groups in total. The molecule has 0 unspecified atom stereocenters. The quantitative estimate of drug-likeness (QED) is 0.0656. The number of carbonyl (C=O) groups is 7. The lowest BCUT2D eigenvalue weighted by Gasteiger charge is -2.29. The number of anilines is 1. The average molecular weight is 759 g/mol. The van der Waals surface area contributed by atoms with E-state index in [0.29, 0.717) is 6.92 Å². The van der Waals surface area contributed by atoms with E-state index in [-0.39, 0.29) is 37.4 Å². The fraction of sp³-hybridized carbons (Fsp3) is 0.552. The maximum absolute atomic E-state index is 14.2. The Morgan fingerprint density at radius 2 is 1.65 bits per heavy atom. The van der Waals surface area contributed by atoms with Gasteiger partial charge in [-0.15, -0.1) is 0 Å². The number of carboxylic acid groups (broad SMARTS) is 1. The molecule has 0 radical (unpaired) electrons. The average Bonchev–Trinajstić information content (AvgIpc) is 3.12. The zero-order chi connectivity index (χ0) is 39.6. The molecule has 1 aromatic rings. The normalized spacial score (nSPS) is 17.6. The number of alkyl halides is 5. The summed E-state index contributed by atoms with van der Waals surface area (Å²) in [5.74, 6) is -13.6. The van der Waals surface area contributed by atoms with Crippen molar-refractivity contribution in [1.29, 1.82) is 0 Å². The minimum absolute atomic E-state index is 0.107. The van der Waals surface area contributed by atoms with Gasteiger partial charge < -0.3 is 51.2 Å². The van der Waals surface area contributed by atoms with Gasteiger partial charge in [0, 0.05) is 32.5 Å². The van der Waals surface area contributed by atoms with Crippen molar-refractivity contribution < 1.29 is 79.6 Å². The van der Waals surface area contributed by atoms with Crippen molar-refractivity contribution >= 4 is 47.3 Å². The van der Waals surface area contributed by atoms with E-state index in [1.165, 1.54) is 6.92 Å². The summed E-state index contributed by atoms with van der Waals surface area (Å²) in [6, 6.07) is -0.113. The second kappa shape index (κ2) is 17.7. The largest absolute Gasteiger partial charge is 0.486 e. The number of hydrogen-bond donors (Lipinski definition) is 7. The molecule has 0 spiro atoms. The number of benzene rings is 1. The number of fused-ring (bicyclic) bond motifs is 1. The molecule has 6 amide bonds. The van der Waals surface area contributed by atoms with E-state index in [0.717, 1.165) is 35.3 Å². The van der Waals surface area contributed by atoms with Crippen LogP contribution in [0.5, 0.6) is 5.75 Å². The molecule has 1 heterocycles. The van der Waals surface area contributed by atoms with Crippen LogP contribution in [0, 0.1) is 5.82 Å². The van der Waals surface area contributed by atoms with Gasteiger partial charge in [-0.05, 0) is 32.4 Å². The molecule has 23 heteroatoms. The van der Waals surface area contributed by atoms with Gasteiger partial charge in [0.25, 0.3) is 17.7 Å². The topological polar surface area (TPSA) is 242 Å². The summed E-state index contributed by atoms with van der Waals surface area (Å²) in [7, 11) is 0. The first-order chi connectivity index (χ1) is 24.0. The first-order valence-corrected chi connectivity index (χ1v) is 15.2. The standard InChI is InChI=1S/C29H36F6N6O11/c1-14-21(40-25(48)27(3,50)24(47)38-13-28(31,32)29(33,34)35)22(44)41(18-12-16(30)4-6-19(18)52-14)10-11-51-26(49)37-9-8-36-20(43)7-5-17(23(45)46)39-15(2)42/h4,6,12,14,17,21,50H,5,7-11,13H2,1-3H3,(H,36,43)(H,37,49)(H,38,47)(H,39,42)(H,40,48)(H,45,46)/t14-,17+,21+,27+/m1/s1. The van der Waals surface area contributed by atoms with Gasteiger partial charge in [-0.1, -0.05) is 0 Å². The van der Waals surface area contributed by atoms with Crippen LogP contribution < -0.4 is 36.2 Å². The monoisotopic (exact) mass is 758 g/mol. The van der Waals surface area contributed by atoms with Crippen LogP contribution >= 0.6 is 0 Å². The third-order valence-electron chi connectivity index (χ3n) is 7.18. The van der Waals surface area contributed by atoms with Crippen LogP contribution in [0.2, 0.25) is 0 Å². The summed E-state index contributed by atoms with van der Waals surface area (Å²) in [4.78, 5) is 86.0. The van der Waals surface area contributed by atoms with Gasteiger partial charge in [0.1, 0.15) is 36.4 Å². The SMILES string of the molecule is CC(=O)N[C@@H](CCC(=O)NCCNC(=O)OCCN1C(=O)[C@@H](NC(=O)[C@@](C)(O)C(=O)NCC(F)(F)C(F)(F)F)[C@@H](C)Oc2ccc(F)cc21)C(=O)O. The number of halogens is 6. The highest BCUT2D eigenvalue weighted by molar-refractivity contribution is 6.10. The van der Waals surface area contributed by atoms with Crippen molar-refractivity contribution in [1.82, 2.24) is 26.6 Å². The number of hydrogen-bond acceptors (Lipinski definition) is 10. The number of carbonyl (C=O) groups excluding carboxylic acids is 6. The highest BCUT2D eigenvalue weighted by atomic mass is 19.4. The van der Waals surface area contributed by atoms with Crippen molar-refractivity contribution in [3.05, 3.63) is 24.0 Å². The molecule has 17 nitrogen and oxygen atoms in total. The van der Waals surface area contributed by atoms with Gasteiger partial charge in [-0.25, -0.2) is 14.0 Å². The third kappa shape index (κ3) is 11.9. The number of alkyl carbamates (subject to hydrolysis) is 1. The number of ether oxygens (including phenoxy) is 2. The Balaban J connectivity index is 2.02. The molecule has 1 aliphatic heterocycles. The molecule has 0 saturated heterocycles. The lowest BCUT2D eigenvalue weighted by Crippen LogP contribution is -2.63. The molecule has 2 rings (SSSR count). The number of rotatable bonds is 16. The van der Waals surface area contributed by atoms with E-state index in [2.05, 4.69) is 16.0 Å². The molecule has 52 heavy (non-hydrogen) atoms. The molecule has 1 aromatic carbocycles. The van der Waals surface area contributed by atoms with Crippen LogP contribution in [0.25, 0.3) is 0 Å². The van der Waals surface area contributed by atoms with Crippen LogP contribution in [0.1, 0.15) is 33.6 Å². The summed E-state index contributed by atoms with van der Waals surface area (Å²) in [5.41, 5.74) is -3.49. The molecule has 1 aliphatic rings. The van der Waals surface area contributed by atoms with Crippen molar-refractivity contribution in [3.63, 3.8) is 0 Å². The van der Waals surface area contributed by atoms with Crippen LogP contribution in [0.4, 0.5) is 36.8 Å². The molecule has 4 atom stereocenters. The maximum atomic E-state index is 14.2. The zero-order valence-electron chi connectivity index (χ0n) is 27.7. The lowest BCUT2D eigenvalue weighted by atomic mass is 10.0. The van der Waals surface area contributed by atoms with Crippen molar-refractivity contribution in [2.24, 2.45) is 0 Å².